The minimum atomic E-state index is -3.58. The van der Waals surface area contributed by atoms with Gasteiger partial charge in [-0.15, -0.1) is 0 Å². The Kier molecular flexibility index (Phi) is 7.83. The van der Waals surface area contributed by atoms with Crippen LogP contribution in [0, 0.1) is 32.1 Å². The molecular formula is C21H35O4P. The van der Waals surface area contributed by atoms with Crippen LogP contribution in [0.5, 0.6) is 0 Å². The molecule has 0 saturated heterocycles. The van der Waals surface area contributed by atoms with Crippen LogP contribution in [0.25, 0.3) is 0 Å². The van der Waals surface area contributed by atoms with Crippen LogP contribution in [0.3, 0.4) is 0 Å². The third kappa shape index (κ3) is 6.33. The zero-order valence-corrected chi connectivity index (χ0v) is 18.7. The molecule has 1 aromatic rings. The molecule has 4 nitrogen and oxygen atoms in total. The lowest BCUT2D eigenvalue weighted by molar-refractivity contribution is -0.0363. The molecule has 0 bridgehead atoms. The molecule has 0 aliphatic rings. The summed E-state index contributed by atoms with van der Waals surface area (Å²) in [7, 11) is -2.09. The molecule has 0 heterocycles. The molecule has 3 unspecified atom stereocenters. The molecule has 1 aromatic carbocycles. The van der Waals surface area contributed by atoms with Crippen molar-refractivity contribution in [3.8, 4) is 0 Å². The van der Waals surface area contributed by atoms with E-state index >= 15 is 0 Å². The lowest BCUT2D eigenvalue weighted by Gasteiger charge is -2.28. The highest BCUT2D eigenvalue weighted by molar-refractivity contribution is 7.77. The quantitative estimate of drug-likeness (QED) is 0.402. The summed E-state index contributed by atoms with van der Waals surface area (Å²) < 4.78 is 24.6. The molecule has 0 fully saturated rings. The molecule has 0 aliphatic heterocycles. The molecule has 0 aliphatic carbocycles. The average molecular weight is 382 g/mol. The van der Waals surface area contributed by atoms with Crippen LogP contribution in [0.15, 0.2) is 12.1 Å². The molecule has 0 saturated carbocycles. The number of carbonyl (C=O) groups excluding carboxylic acids is 1. The third-order valence-corrected chi connectivity index (χ3v) is 6.95. The van der Waals surface area contributed by atoms with Gasteiger partial charge in [0.2, 0.25) is 5.52 Å². The number of benzene rings is 1. The van der Waals surface area contributed by atoms with Crippen molar-refractivity contribution in [2.75, 3.05) is 13.3 Å². The van der Waals surface area contributed by atoms with Gasteiger partial charge in [-0.05, 0) is 56.6 Å². The van der Waals surface area contributed by atoms with E-state index in [2.05, 4.69) is 20.8 Å². The van der Waals surface area contributed by atoms with Crippen LogP contribution in [-0.4, -0.2) is 25.1 Å². The summed E-state index contributed by atoms with van der Waals surface area (Å²) in [5.74, 6) is 0.0971. The van der Waals surface area contributed by atoms with Crippen molar-refractivity contribution in [2.45, 2.75) is 68.1 Å². The highest BCUT2D eigenvalue weighted by Gasteiger charge is 2.39. The van der Waals surface area contributed by atoms with Crippen LogP contribution >= 0.6 is 7.37 Å². The van der Waals surface area contributed by atoms with E-state index in [0.717, 1.165) is 23.1 Å². The predicted molar refractivity (Wildman–Crippen MR) is 108 cm³/mol. The number of aryl methyl sites for hydroxylation is 3. The molecule has 0 aromatic heterocycles. The van der Waals surface area contributed by atoms with Crippen molar-refractivity contribution in [1.82, 2.24) is 0 Å². The zero-order chi connectivity index (χ0) is 20.3. The van der Waals surface area contributed by atoms with Crippen molar-refractivity contribution >= 4 is 12.9 Å². The number of hydrogen-bond donors (Lipinski definition) is 0. The fourth-order valence-electron chi connectivity index (χ4n) is 3.66. The van der Waals surface area contributed by atoms with Crippen LogP contribution in [-0.2, 0) is 13.8 Å². The monoisotopic (exact) mass is 382 g/mol. The van der Waals surface area contributed by atoms with E-state index in [1.165, 1.54) is 7.11 Å². The first-order valence-corrected chi connectivity index (χ1v) is 11.0. The third-order valence-electron chi connectivity index (χ3n) is 4.36. The van der Waals surface area contributed by atoms with Crippen LogP contribution < -0.4 is 0 Å². The molecule has 3 atom stereocenters. The Bertz CT molecular complexity index is 665. The van der Waals surface area contributed by atoms with Gasteiger partial charge in [-0.1, -0.05) is 45.4 Å². The summed E-state index contributed by atoms with van der Waals surface area (Å²) in [5, 5.41) is 0. The van der Waals surface area contributed by atoms with Gasteiger partial charge in [-0.3, -0.25) is 13.9 Å². The highest BCUT2D eigenvalue weighted by atomic mass is 31.2. The second-order valence-electron chi connectivity index (χ2n) is 8.71. The predicted octanol–water partition coefficient (Wildman–Crippen LogP) is 6.11. The van der Waals surface area contributed by atoms with Gasteiger partial charge in [-0.25, -0.2) is 0 Å². The first-order chi connectivity index (χ1) is 11.8. The van der Waals surface area contributed by atoms with Gasteiger partial charge >= 0.3 is 0 Å². The zero-order valence-electron chi connectivity index (χ0n) is 17.8. The standard InChI is InChI=1S/C21H35O4P/c1-14-10-16(3)19(17(4)11-14)20(22)26(23,25-18(5)24-9)13-15(2)12-21(6,7)8/h10-11,15,18H,12-13H2,1-9H3. The maximum atomic E-state index is 13.7. The molecule has 0 N–H and O–H groups in total. The molecule has 5 heteroatoms. The fraction of sp³-hybridized carbons (Fsp3) is 0.667. The van der Waals surface area contributed by atoms with Gasteiger partial charge in [0.05, 0.1) is 0 Å². The first-order valence-electron chi connectivity index (χ1n) is 9.22. The summed E-state index contributed by atoms with van der Waals surface area (Å²) in [5.41, 5.74) is 2.98. The van der Waals surface area contributed by atoms with Gasteiger partial charge in [0.25, 0.3) is 7.37 Å². The number of hydrogen-bond acceptors (Lipinski definition) is 4. The lowest BCUT2D eigenvalue weighted by Crippen LogP contribution is -2.21. The summed E-state index contributed by atoms with van der Waals surface area (Å²) in [4.78, 5) is 13.3. The topological polar surface area (TPSA) is 52.6 Å². The van der Waals surface area contributed by atoms with Gasteiger partial charge in [0.15, 0.2) is 6.29 Å². The molecule has 148 valence electrons. The summed E-state index contributed by atoms with van der Waals surface area (Å²) >= 11 is 0. The minimum Gasteiger partial charge on any atom is -0.356 e. The number of carbonyl (C=O) groups is 1. The maximum Gasteiger partial charge on any atom is 0.274 e. The van der Waals surface area contributed by atoms with Crippen molar-refractivity contribution in [2.24, 2.45) is 11.3 Å². The Labute approximate surface area is 159 Å². The molecular weight excluding hydrogens is 347 g/mol. The Morgan fingerprint density at radius 2 is 1.62 bits per heavy atom. The van der Waals surface area contributed by atoms with E-state index in [1.54, 1.807) is 6.92 Å². The Hall–Kier alpha value is -0.960. The van der Waals surface area contributed by atoms with Crippen molar-refractivity contribution in [1.29, 1.82) is 0 Å². The van der Waals surface area contributed by atoms with E-state index in [1.807, 2.05) is 39.8 Å². The molecule has 0 amide bonds. The minimum absolute atomic E-state index is 0.0931. The molecule has 1 rings (SSSR count). The highest BCUT2D eigenvalue weighted by Crippen LogP contribution is 2.54. The van der Waals surface area contributed by atoms with E-state index < -0.39 is 19.2 Å². The van der Waals surface area contributed by atoms with Crippen LogP contribution in [0.4, 0.5) is 0 Å². The molecule has 26 heavy (non-hydrogen) atoms. The Morgan fingerprint density at radius 3 is 2.04 bits per heavy atom. The van der Waals surface area contributed by atoms with Gasteiger partial charge in [0.1, 0.15) is 0 Å². The second kappa shape index (κ2) is 8.82. The smallest absolute Gasteiger partial charge is 0.274 e. The second-order valence-corrected chi connectivity index (χ2v) is 11.0. The molecule has 0 radical (unpaired) electrons. The van der Waals surface area contributed by atoms with Crippen molar-refractivity contribution < 1.29 is 18.6 Å². The van der Waals surface area contributed by atoms with Crippen LogP contribution in [0.2, 0.25) is 0 Å². The summed E-state index contributed by atoms with van der Waals surface area (Å²) in [6.45, 7) is 15.9. The fourth-order valence-corrected chi connectivity index (χ4v) is 6.22. The lowest BCUT2D eigenvalue weighted by atomic mass is 9.86. The van der Waals surface area contributed by atoms with Crippen molar-refractivity contribution in [3.05, 3.63) is 34.4 Å². The van der Waals surface area contributed by atoms with Gasteiger partial charge in [0, 0.05) is 18.8 Å². The number of rotatable bonds is 8. The normalized spacial score (nSPS) is 16.8. The van der Waals surface area contributed by atoms with Gasteiger partial charge < -0.3 is 4.74 Å². The Morgan fingerprint density at radius 1 is 1.12 bits per heavy atom. The van der Waals surface area contributed by atoms with E-state index in [9.17, 15) is 9.36 Å². The first kappa shape index (κ1) is 23.1. The molecule has 0 spiro atoms. The average Bonchev–Trinajstić information content (AvgIpc) is 2.43. The Balaban J connectivity index is 3.29. The number of methoxy groups -OCH3 is 1. The van der Waals surface area contributed by atoms with Crippen LogP contribution in [0.1, 0.15) is 68.1 Å². The SMILES string of the molecule is COC(C)OP(=O)(CC(C)CC(C)(C)C)C(=O)c1c(C)cc(C)cc1C. The van der Waals surface area contributed by atoms with E-state index in [0.29, 0.717) is 5.56 Å². The summed E-state index contributed by atoms with van der Waals surface area (Å²) in [6.07, 6.45) is 0.391. The largest absolute Gasteiger partial charge is 0.356 e. The van der Waals surface area contributed by atoms with Gasteiger partial charge in [-0.2, -0.15) is 0 Å². The number of ether oxygens (including phenoxy) is 1. The van der Waals surface area contributed by atoms with Crippen molar-refractivity contribution in [3.63, 3.8) is 0 Å². The van der Waals surface area contributed by atoms with E-state index in [-0.39, 0.29) is 17.5 Å². The summed E-state index contributed by atoms with van der Waals surface area (Å²) in [6, 6.07) is 3.89. The van der Waals surface area contributed by atoms with E-state index in [4.69, 9.17) is 9.26 Å². The maximum absolute atomic E-state index is 13.7.